The van der Waals surface area contributed by atoms with Crippen LogP contribution in [0.15, 0.2) is 17.6 Å². The molecule has 0 aliphatic heterocycles. The predicted octanol–water partition coefficient (Wildman–Crippen LogP) is 2.20. The highest BCUT2D eigenvalue weighted by molar-refractivity contribution is 7.99. The lowest BCUT2D eigenvalue weighted by Gasteiger charge is -2.31. The highest BCUT2D eigenvalue weighted by Gasteiger charge is 2.51. The van der Waals surface area contributed by atoms with Gasteiger partial charge in [-0.15, -0.1) is 0 Å². The van der Waals surface area contributed by atoms with Gasteiger partial charge in [-0.05, 0) is 44.2 Å². The molecule has 1 N–H and O–H groups in total. The topological polar surface area (TPSA) is 64.1 Å². The molecule has 1 atom stereocenters. The van der Waals surface area contributed by atoms with Gasteiger partial charge in [0.25, 0.3) is 0 Å². The van der Waals surface area contributed by atoms with Gasteiger partial charge in [0.2, 0.25) is 0 Å². The van der Waals surface area contributed by atoms with E-state index in [1.807, 2.05) is 6.92 Å². The molecule has 5 nitrogen and oxygen atoms in total. The minimum atomic E-state index is -0.607. The third-order valence-corrected chi connectivity index (χ3v) is 4.77. The van der Waals surface area contributed by atoms with Crippen LogP contribution in [0.2, 0.25) is 0 Å². The zero-order chi connectivity index (χ0) is 15.3. The van der Waals surface area contributed by atoms with Crippen LogP contribution in [0.1, 0.15) is 31.7 Å². The van der Waals surface area contributed by atoms with Crippen LogP contribution >= 0.6 is 11.8 Å². The van der Waals surface area contributed by atoms with Crippen molar-refractivity contribution in [1.82, 2.24) is 15.3 Å². The minimum Gasteiger partial charge on any atom is -0.468 e. The van der Waals surface area contributed by atoms with Crippen molar-refractivity contribution in [3.63, 3.8) is 0 Å². The molecule has 1 fully saturated rings. The van der Waals surface area contributed by atoms with Gasteiger partial charge in [0.1, 0.15) is 5.54 Å². The van der Waals surface area contributed by atoms with Gasteiger partial charge in [-0.3, -0.25) is 4.79 Å². The molecular formula is C15H23N3O2S. The van der Waals surface area contributed by atoms with Crippen LogP contribution in [0, 0.1) is 12.8 Å². The number of aryl methyl sites for hydroxylation is 1. The van der Waals surface area contributed by atoms with Gasteiger partial charge in [-0.25, -0.2) is 9.97 Å². The number of hydrogen-bond donors (Lipinski definition) is 1. The number of aromatic nitrogens is 2. The van der Waals surface area contributed by atoms with Crippen molar-refractivity contribution in [2.45, 2.75) is 43.8 Å². The minimum absolute atomic E-state index is 0.168. The molecule has 1 heterocycles. The number of nitrogens with one attached hydrogen (secondary N) is 1. The van der Waals surface area contributed by atoms with Crippen molar-refractivity contribution in [1.29, 1.82) is 0 Å². The Morgan fingerprint density at radius 3 is 2.67 bits per heavy atom. The normalized spacial score (nSPS) is 17.3. The molecule has 1 aromatic rings. The predicted molar refractivity (Wildman–Crippen MR) is 83.3 cm³/mol. The highest BCUT2D eigenvalue weighted by atomic mass is 32.2. The molecule has 1 saturated carbocycles. The first-order valence-electron chi connectivity index (χ1n) is 7.37. The number of nitrogens with zero attached hydrogens (tertiary/aromatic N) is 2. The van der Waals surface area contributed by atoms with Crippen molar-refractivity contribution in [2.24, 2.45) is 5.92 Å². The van der Waals surface area contributed by atoms with Gasteiger partial charge >= 0.3 is 5.97 Å². The molecular weight excluding hydrogens is 286 g/mol. The van der Waals surface area contributed by atoms with E-state index in [-0.39, 0.29) is 5.97 Å². The number of esters is 1. The number of carbonyl (C=O) groups is 1. The molecule has 0 spiro atoms. The lowest BCUT2D eigenvalue weighted by molar-refractivity contribution is -0.148. The molecule has 6 heteroatoms. The molecule has 2 rings (SSSR count). The molecule has 0 radical (unpaired) electrons. The Kier molecular flexibility index (Phi) is 5.58. The number of thioether (sulfide) groups is 1. The standard InChI is InChI=1S/C15H23N3O2S/c1-4-7-18-15(12-5-6-12,13(19)20-3)10-21-14-16-8-11(2)9-17-14/h8-9,12,18H,4-7,10H2,1-3H3. The second-order valence-electron chi connectivity index (χ2n) is 5.50. The molecule has 21 heavy (non-hydrogen) atoms. The van der Waals surface area contributed by atoms with E-state index in [2.05, 4.69) is 22.2 Å². The fraction of sp³-hybridized carbons (Fsp3) is 0.667. The van der Waals surface area contributed by atoms with Crippen LogP contribution < -0.4 is 5.32 Å². The molecule has 1 aliphatic carbocycles. The molecule has 0 bridgehead atoms. The van der Waals surface area contributed by atoms with Gasteiger partial charge in [-0.2, -0.15) is 0 Å². The van der Waals surface area contributed by atoms with Crippen LogP contribution in [0.5, 0.6) is 0 Å². The van der Waals surface area contributed by atoms with E-state index in [9.17, 15) is 4.79 Å². The summed E-state index contributed by atoms with van der Waals surface area (Å²) in [7, 11) is 1.46. The molecule has 0 aromatic carbocycles. The van der Waals surface area contributed by atoms with Crippen LogP contribution in [0.4, 0.5) is 0 Å². The number of ether oxygens (including phenoxy) is 1. The van der Waals surface area contributed by atoms with E-state index in [0.29, 0.717) is 16.8 Å². The Bertz CT molecular complexity index is 476. The fourth-order valence-electron chi connectivity index (χ4n) is 2.35. The summed E-state index contributed by atoms with van der Waals surface area (Å²) in [6.07, 6.45) is 6.72. The zero-order valence-corrected chi connectivity index (χ0v) is 13.7. The smallest absolute Gasteiger partial charge is 0.327 e. The molecule has 1 aliphatic rings. The highest BCUT2D eigenvalue weighted by Crippen LogP contribution is 2.42. The second-order valence-corrected chi connectivity index (χ2v) is 6.44. The largest absolute Gasteiger partial charge is 0.468 e. The fourth-order valence-corrected chi connectivity index (χ4v) is 3.42. The number of carbonyl (C=O) groups excluding carboxylic acids is 1. The molecule has 1 aromatic heterocycles. The molecule has 116 valence electrons. The first-order chi connectivity index (χ1) is 10.1. The lowest BCUT2D eigenvalue weighted by atomic mass is 9.95. The number of rotatable bonds is 8. The molecule has 1 unspecified atom stereocenters. The van der Waals surface area contributed by atoms with Crippen molar-refractivity contribution in [3.05, 3.63) is 18.0 Å². The van der Waals surface area contributed by atoms with Crippen LogP contribution in [0.3, 0.4) is 0 Å². The zero-order valence-electron chi connectivity index (χ0n) is 12.9. The first kappa shape index (κ1) is 16.2. The van der Waals surface area contributed by atoms with Gasteiger partial charge in [0, 0.05) is 18.1 Å². The Labute approximate surface area is 130 Å². The Hall–Kier alpha value is -1.14. The lowest BCUT2D eigenvalue weighted by Crippen LogP contribution is -2.57. The average Bonchev–Trinajstić information content (AvgIpc) is 3.34. The van der Waals surface area contributed by atoms with E-state index in [1.165, 1.54) is 18.9 Å². The summed E-state index contributed by atoms with van der Waals surface area (Å²) in [6.45, 7) is 4.86. The number of hydrogen-bond acceptors (Lipinski definition) is 6. The van der Waals surface area contributed by atoms with E-state index >= 15 is 0 Å². The van der Waals surface area contributed by atoms with Crippen LogP contribution in [0.25, 0.3) is 0 Å². The Morgan fingerprint density at radius 2 is 2.14 bits per heavy atom. The van der Waals surface area contributed by atoms with Gasteiger partial charge in [0.15, 0.2) is 5.16 Å². The summed E-state index contributed by atoms with van der Waals surface area (Å²) >= 11 is 1.51. The first-order valence-corrected chi connectivity index (χ1v) is 8.36. The van der Waals surface area contributed by atoms with Crippen molar-refractivity contribution < 1.29 is 9.53 Å². The summed E-state index contributed by atoms with van der Waals surface area (Å²) in [4.78, 5) is 21.0. The maximum absolute atomic E-state index is 12.4. The van der Waals surface area contributed by atoms with Gasteiger partial charge in [0.05, 0.1) is 7.11 Å². The monoisotopic (exact) mass is 309 g/mol. The van der Waals surface area contributed by atoms with E-state index in [1.54, 1.807) is 12.4 Å². The van der Waals surface area contributed by atoms with E-state index < -0.39 is 5.54 Å². The van der Waals surface area contributed by atoms with Crippen molar-refractivity contribution >= 4 is 17.7 Å². The third kappa shape index (κ3) is 3.95. The van der Waals surface area contributed by atoms with E-state index in [4.69, 9.17) is 4.74 Å². The summed E-state index contributed by atoms with van der Waals surface area (Å²) in [6, 6.07) is 0. The maximum atomic E-state index is 12.4. The van der Waals surface area contributed by atoms with Crippen LogP contribution in [-0.2, 0) is 9.53 Å². The number of methoxy groups -OCH3 is 1. The van der Waals surface area contributed by atoms with Gasteiger partial charge < -0.3 is 10.1 Å². The summed E-state index contributed by atoms with van der Waals surface area (Å²) < 4.78 is 5.07. The molecule has 0 amide bonds. The summed E-state index contributed by atoms with van der Waals surface area (Å²) in [5.74, 6) is 0.792. The van der Waals surface area contributed by atoms with E-state index in [0.717, 1.165) is 31.4 Å². The SMILES string of the molecule is CCCNC(CSc1ncc(C)cn1)(C(=O)OC)C1CC1. The average molecular weight is 309 g/mol. The van der Waals surface area contributed by atoms with Gasteiger partial charge in [-0.1, -0.05) is 18.7 Å². The second kappa shape index (κ2) is 7.22. The van der Waals surface area contributed by atoms with Crippen molar-refractivity contribution in [2.75, 3.05) is 19.4 Å². The molecule has 0 saturated heterocycles. The summed E-state index contributed by atoms with van der Waals surface area (Å²) in [5.41, 5.74) is 0.425. The maximum Gasteiger partial charge on any atom is 0.327 e. The van der Waals surface area contributed by atoms with Crippen LogP contribution in [-0.4, -0.2) is 40.9 Å². The Morgan fingerprint density at radius 1 is 1.48 bits per heavy atom. The summed E-state index contributed by atoms with van der Waals surface area (Å²) in [5, 5.41) is 4.13. The van der Waals surface area contributed by atoms with Crippen molar-refractivity contribution in [3.8, 4) is 0 Å². The Balaban J connectivity index is 2.10. The third-order valence-electron chi connectivity index (χ3n) is 3.70. The quantitative estimate of drug-likeness (QED) is 0.451.